The molecule has 112 valence electrons. The van der Waals surface area contributed by atoms with Crippen molar-refractivity contribution in [2.75, 3.05) is 7.11 Å². The Hall–Kier alpha value is -1.71. The predicted molar refractivity (Wildman–Crippen MR) is 84.1 cm³/mol. The molecule has 0 radical (unpaired) electrons. The van der Waals surface area contributed by atoms with Gasteiger partial charge in [-0.2, -0.15) is 0 Å². The smallest absolute Gasteiger partial charge is 0.161 e. The van der Waals surface area contributed by atoms with Crippen molar-refractivity contribution in [1.29, 1.82) is 0 Å². The predicted octanol–water partition coefficient (Wildman–Crippen LogP) is 4.29. The van der Waals surface area contributed by atoms with Gasteiger partial charge in [0.05, 0.1) is 13.2 Å². The van der Waals surface area contributed by atoms with E-state index in [-0.39, 0.29) is 0 Å². The monoisotopic (exact) mass is 306 g/mol. The average molecular weight is 307 g/mol. The summed E-state index contributed by atoms with van der Waals surface area (Å²) in [4.78, 5) is 0. The fraction of sp³-hybridized carbons (Fsp3) is 0.294. The molecular formula is C17H19ClO3. The Bertz CT molecular complexity index is 623. The minimum absolute atomic E-state index is 0.365. The van der Waals surface area contributed by atoms with Gasteiger partial charge in [0.15, 0.2) is 11.5 Å². The van der Waals surface area contributed by atoms with E-state index in [9.17, 15) is 5.11 Å². The van der Waals surface area contributed by atoms with E-state index in [4.69, 9.17) is 21.1 Å². The van der Waals surface area contributed by atoms with Crippen LogP contribution in [0.15, 0.2) is 36.4 Å². The maximum Gasteiger partial charge on any atom is 0.161 e. The molecule has 0 aliphatic rings. The quantitative estimate of drug-likeness (QED) is 0.895. The first-order valence-electron chi connectivity index (χ1n) is 6.75. The molecule has 0 aromatic heterocycles. The minimum Gasteiger partial charge on any atom is -0.493 e. The van der Waals surface area contributed by atoms with Crippen LogP contribution in [0.3, 0.4) is 0 Å². The van der Waals surface area contributed by atoms with Crippen LogP contribution in [0.5, 0.6) is 11.5 Å². The van der Waals surface area contributed by atoms with Crippen LogP contribution in [0, 0.1) is 6.92 Å². The Morgan fingerprint density at radius 3 is 2.52 bits per heavy atom. The maximum atomic E-state index is 9.59. The van der Waals surface area contributed by atoms with Gasteiger partial charge in [0.2, 0.25) is 0 Å². The molecule has 21 heavy (non-hydrogen) atoms. The van der Waals surface area contributed by atoms with Gasteiger partial charge in [0.25, 0.3) is 0 Å². The van der Waals surface area contributed by atoms with Crippen LogP contribution in [-0.2, 0) is 6.61 Å². The molecule has 0 saturated heterocycles. The highest BCUT2D eigenvalue weighted by atomic mass is 35.5. The molecule has 0 unspecified atom stereocenters. The average Bonchev–Trinajstić information content (AvgIpc) is 2.46. The third-order valence-electron chi connectivity index (χ3n) is 3.26. The van der Waals surface area contributed by atoms with Crippen LogP contribution in [0.2, 0.25) is 5.02 Å². The van der Waals surface area contributed by atoms with Crippen molar-refractivity contribution in [2.24, 2.45) is 0 Å². The van der Waals surface area contributed by atoms with E-state index in [1.54, 1.807) is 26.2 Å². The standard InChI is InChI=1S/C17H19ClO3/c1-11-4-5-14(15(18)8-11)10-21-16-7-6-13(12(2)19)9-17(16)20-3/h4-9,12,19H,10H2,1-3H3/t12-/m0/s1. The van der Waals surface area contributed by atoms with Crippen LogP contribution in [0.1, 0.15) is 29.7 Å². The van der Waals surface area contributed by atoms with Crippen LogP contribution in [0.25, 0.3) is 0 Å². The van der Waals surface area contributed by atoms with Crippen LogP contribution in [0.4, 0.5) is 0 Å². The number of benzene rings is 2. The van der Waals surface area contributed by atoms with E-state index in [0.29, 0.717) is 23.1 Å². The van der Waals surface area contributed by atoms with Crippen molar-refractivity contribution in [2.45, 2.75) is 26.6 Å². The lowest BCUT2D eigenvalue weighted by Gasteiger charge is -2.14. The van der Waals surface area contributed by atoms with Crippen molar-refractivity contribution in [3.63, 3.8) is 0 Å². The lowest BCUT2D eigenvalue weighted by atomic mass is 10.1. The number of aliphatic hydroxyl groups is 1. The lowest BCUT2D eigenvalue weighted by Crippen LogP contribution is -2.00. The Balaban J connectivity index is 2.16. The molecule has 0 amide bonds. The second kappa shape index (κ2) is 6.83. The Kier molecular flexibility index (Phi) is 5.10. The first-order valence-corrected chi connectivity index (χ1v) is 7.13. The van der Waals surface area contributed by atoms with E-state index in [1.807, 2.05) is 31.2 Å². The van der Waals surface area contributed by atoms with Gasteiger partial charge in [-0.25, -0.2) is 0 Å². The largest absolute Gasteiger partial charge is 0.493 e. The Labute approximate surface area is 130 Å². The molecule has 0 bridgehead atoms. The summed E-state index contributed by atoms with van der Waals surface area (Å²) >= 11 is 6.19. The molecule has 3 nitrogen and oxygen atoms in total. The second-order valence-electron chi connectivity index (χ2n) is 4.97. The zero-order valence-electron chi connectivity index (χ0n) is 12.4. The van der Waals surface area contributed by atoms with Crippen molar-refractivity contribution in [1.82, 2.24) is 0 Å². The number of hydrogen-bond acceptors (Lipinski definition) is 3. The van der Waals surface area contributed by atoms with Gasteiger partial charge in [-0.1, -0.05) is 29.8 Å². The molecule has 0 fully saturated rings. The number of ether oxygens (including phenoxy) is 2. The van der Waals surface area contributed by atoms with E-state index in [1.165, 1.54) is 0 Å². The zero-order chi connectivity index (χ0) is 15.4. The number of aliphatic hydroxyl groups excluding tert-OH is 1. The zero-order valence-corrected chi connectivity index (χ0v) is 13.1. The topological polar surface area (TPSA) is 38.7 Å². The van der Waals surface area contributed by atoms with Crippen molar-refractivity contribution in [3.05, 3.63) is 58.1 Å². The molecule has 0 heterocycles. The summed E-state index contributed by atoms with van der Waals surface area (Å²) < 4.78 is 11.1. The van der Waals surface area contributed by atoms with Gasteiger partial charge in [0.1, 0.15) is 6.61 Å². The molecule has 2 aromatic carbocycles. The highest BCUT2D eigenvalue weighted by Crippen LogP contribution is 2.31. The number of halogens is 1. The fourth-order valence-electron chi connectivity index (χ4n) is 1.99. The molecule has 1 atom stereocenters. The SMILES string of the molecule is COc1cc([C@H](C)O)ccc1OCc1ccc(C)cc1Cl. The van der Waals surface area contributed by atoms with Crippen molar-refractivity contribution < 1.29 is 14.6 Å². The maximum absolute atomic E-state index is 9.59. The number of methoxy groups -OCH3 is 1. The minimum atomic E-state index is -0.542. The third kappa shape index (κ3) is 3.90. The van der Waals surface area contributed by atoms with E-state index >= 15 is 0 Å². The molecule has 1 N–H and O–H groups in total. The molecule has 0 aliphatic heterocycles. The van der Waals surface area contributed by atoms with E-state index < -0.39 is 6.10 Å². The summed E-state index contributed by atoms with van der Waals surface area (Å²) in [6.45, 7) is 4.07. The third-order valence-corrected chi connectivity index (χ3v) is 3.61. The van der Waals surface area contributed by atoms with Gasteiger partial charge in [0, 0.05) is 10.6 Å². The van der Waals surface area contributed by atoms with Crippen molar-refractivity contribution >= 4 is 11.6 Å². The molecule has 0 saturated carbocycles. The fourth-order valence-corrected chi connectivity index (χ4v) is 2.28. The Morgan fingerprint density at radius 2 is 1.90 bits per heavy atom. The van der Waals surface area contributed by atoms with Gasteiger partial charge in [-0.3, -0.25) is 0 Å². The number of rotatable bonds is 5. The van der Waals surface area contributed by atoms with E-state index in [0.717, 1.165) is 16.7 Å². The first kappa shape index (κ1) is 15.7. The van der Waals surface area contributed by atoms with Gasteiger partial charge in [-0.15, -0.1) is 0 Å². The summed E-state index contributed by atoms with van der Waals surface area (Å²) in [5, 5.41) is 10.3. The van der Waals surface area contributed by atoms with Crippen LogP contribution in [-0.4, -0.2) is 12.2 Å². The molecule has 0 aliphatic carbocycles. The summed E-state index contributed by atoms with van der Waals surface area (Å²) in [6.07, 6.45) is -0.542. The van der Waals surface area contributed by atoms with Crippen LogP contribution < -0.4 is 9.47 Å². The molecule has 4 heteroatoms. The van der Waals surface area contributed by atoms with E-state index in [2.05, 4.69) is 0 Å². The number of aryl methyl sites for hydroxylation is 1. The molecule has 2 aromatic rings. The van der Waals surface area contributed by atoms with Gasteiger partial charge < -0.3 is 14.6 Å². The summed E-state index contributed by atoms with van der Waals surface area (Å²) in [5.74, 6) is 1.22. The highest BCUT2D eigenvalue weighted by Gasteiger charge is 2.10. The molecule has 2 rings (SSSR count). The van der Waals surface area contributed by atoms with Gasteiger partial charge in [-0.05, 0) is 43.2 Å². The van der Waals surface area contributed by atoms with Gasteiger partial charge >= 0.3 is 0 Å². The molecule has 0 spiro atoms. The summed E-state index contributed by atoms with van der Waals surface area (Å²) in [5.41, 5.74) is 2.82. The normalized spacial score (nSPS) is 12.0. The lowest BCUT2D eigenvalue weighted by molar-refractivity contribution is 0.198. The number of hydrogen-bond donors (Lipinski definition) is 1. The van der Waals surface area contributed by atoms with Crippen molar-refractivity contribution in [3.8, 4) is 11.5 Å². The highest BCUT2D eigenvalue weighted by molar-refractivity contribution is 6.31. The second-order valence-corrected chi connectivity index (χ2v) is 5.38. The Morgan fingerprint density at radius 1 is 1.14 bits per heavy atom. The summed E-state index contributed by atoms with van der Waals surface area (Å²) in [6, 6.07) is 11.2. The summed E-state index contributed by atoms with van der Waals surface area (Å²) in [7, 11) is 1.58. The van der Waals surface area contributed by atoms with Crippen LogP contribution >= 0.6 is 11.6 Å². The molecular weight excluding hydrogens is 288 g/mol. The first-order chi connectivity index (χ1) is 10.0.